The fourth-order valence-corrected chi connectivity index (χ4v) is 3.41. The fourth-order valence-electron chi connectivity index (χ4n) is 3.41. The van der Waals surface area contributed by atoms with Crippen molar-refractivity contribution in [1.82, 2.24) is 10.6 Å². The van der Waals surface area contributed by atoms with E-state index in [9.17, 15) is 4.39 Å². The minimum Gasteiger partial charge on any atom is -0.495 e. The van der Waals surface area contributed by atoms with E-state index in [1.165, 1.54) is 6.07 Å². The summed E-state index contributed by atoms with van der Waals surface area (Å²) in [6.45, 7) is 4.66. The van der Waals surface area contributed by atoms with Gasteiger partial charge in [0.05, 0.1) is 31.0 Å². The summed E-state index contributed by atoms with van der Waals surface area (Å²) in [5.41, 5.74) is 1.85. The summed E-state index contributed by atoms with van der Waals surface area (Å²) in [4.78, 5) is 6.82. The summed E-state index contributed by atoms with van der Waals surface area (Å²) < 4.78 is 19.6. The van der Waals surface area contributed by atoms with Gasteiger partial charge >= 0.3 is 0 Å². The Morgan fingerprint density at radius 1 is 1.34 bits per heavy atom. The highest BCUT2D eigenvalue weighted by molar-refractivity contribution is 5.80. The van der Waals surface area contributed by atoms with Crippen molar-refractivity contribution in [2.24, 2.45) is 4.99 Å². The van der Waals surface area contributed by atoms with Crippen molar-refractivity contribution < 1.29 is 9.13 Å². The number of ether oxygens (including phenoxy) is 1. The number of nitriles is 1. The maximum absolute atomic E-state index is 14.1. The number of rotatable bonds is 6. The SMILES string of the molecule is CCNC(=NCc1ccc(C#N)cc1F)NC1CCN(c2ccccc2OC)C1. The molecule has 1 aliphatic rings. The molecule has 6 nitrogen and oxygen atoms in total. The first kappa shape index (κ1) is 20.5. The molecule has 0 aliphatic carbocycles. The Morgan fingerprint density at radius 3 is 2.90 bits per heavy atom. The van der Waals surface area contributed by atoms with Gasteiger partial charge in [-0.3, -0.25) is 0 Å². The van der Waals surface area contributed by atoms with Crippen molar-refractivity contribution >= 4 is 11.6 Å². The van der Waals surface area contributed by atoms with Crippen LogP contribution >= 0.6 is 0 Å². The first-order valence-electron chi connectivity index (χ1n) is 9.76. The van der Waals surface area contributed by atoms with Crippen LogP contribution in [-0.4, -0.2) is 38.7 Å². The second-order valence-electron chi connectivity index (χ2n) is 6.86. The first-order chi connectivity index (χ1) is 14.1. The number of guanidine groups is 1. The van der Waals surface area contributed by atoms with E-state index >= 15 is 0 Å². The number of aliphatic imine (C=N–C) groups is 1. The van der Waals surface area contributed by atoms with Crippen molar-refractivity contribution in [3.8, 4) is 11.8 Å². The Bertz CT molecular complexity index is 908. The Morgan fingerprint density at radius 2 is 2.17 bits per heavy atom. The molecule has 1 atom stereocenters. The molecule has 0 spiro atoms. The highest BCUT2D eigenvalue weighted by Gasteiger charge is 2.25. The number of hydrogen-bond donors (Lipinski definition) is 2. The van der Waals surface area contributed by atoms with Crippen LogP contribution in [0.2, 0.25) is 0 Å². The third kappa shape index (κ3) is 5.17. The molecular formula is C22H26FN5O. The van der Waals surface area contributed by atoms with Gasteiger partial charge in [-0.2, -0.15) is 5.26 Å². The maximum Gasteiger partial charge on any atom is 0.191 e. The van der Waals surface area contributed by atoms with Gasteiger partial charge in [-0.1, -0.05) is 18.2 Å². The molecule has 7 heteroatoms. The van der Waals surface area contributed by atoms with E-state index in [-0.39, 0.29) is 12.6 Å². The number of nitrogens with zero attached hydrogens (tertiary/aromatic N) is 3. The van der Waals surface area contributed by atoms with Gasteiger partial charge in [-0.25, -0.2) is 9.38 Å². The summed E-state index contributed by atoms with van der Waals surface area (Å²) in [5.74, 6) is 1.11. The molecule has 0 bridgehead atoms. The van der Waals surface area contributed by atoms with Gasteiger partial charge in [-0.05, 0) is 37.6 Å². The van der Waals surface area contributed by atoms with E-state index in [0.717, 1.165) is 30.9 Å². The molecule has 2 N–H and O–H groups in total. The standard InChI is InChI=1S/C22H26FN5O/c1-3-25-22(26-14-17-9-8-16(13-24)12-19(17)23)27-18-10-11-28(15-18)20-6-4-5-7-21(20)29-2/h4-9,12,18H,3,10-11,14-15H2,1-2H3,(H2,25,26,27). The van der Waals surface area contributed by atoms with Gasteiger partial charge in [0.1, 0.15) is 11.6 Å². The molecule has 1 heterocycles. The number of para-hydroxylation sites is 2. The zero-order chi connectivity index (χ0) is 20.6. The molecule has 1 unspecified atom stereocenters. The topological polar surface area (TPSA) is 72.7 Å². The van der Waals surface area contributed by atoms with Gasteiger partial charge in [-0.15, -0.1) is 0 Å². The number of methoxy groups -OCH3 is 1. The van der Waals surface area contributed by atoms with Crippen LogP contribution in [0, 0.1) is 17.1 Å². The minimum atomic E-state index is -0.410. The molecule has 1 aliphatic heterocycles. The molecule has 0 saturated carbocycles. The molecule has 1 fully saturated rings. The first-order valence-corrected chi connectivity index (χ1v) is 9.76. The monoisotopic (exact) mass is 395 g/mol. The highest BCUT2D eigenvalue weighted by Crippen LogP contribution is 2.30. The highest BCUT2D eigenvalue weighted by atomic mass is 19.1. The molecular weight excluding hydrogens is 369 g/mol. The summed E-state index contributed by atoms with van der Waals surface area (Å²) in [7, 11) is 1.68. The zero-order valence-corrected chi connectivity index (χ0v) is 16.8. The summed E-state index contributed by atoms with van der Waals surface area (Å²) in [6, 6.07) is 14.6. The summed E-state index contributed by atoms with van der Waals surface area (Å²) in [5, 5.41) is 15.5. The van der Waals surface area contributed by atoms with Crippen molar-refractivity contribution in [2.75, 3.05) is 31.6 Å². The Kier molecular flexibility index (Phi) is 6.90. The lowest BCUT2D eigenvalue weighted by Crippen LogP contribution is -2.44. The Balaban J connectivity index is 1.65. The third-order valence-electron chi connectivity index (χ3n) is 4.89. The lowest BCUT2D eigenvalue weighted by molar-refractivity contribution is 0.415. The number of benzene rings is 2. The second-order valence-corrected chi connectivity index (χ2v) is 6.86. The van der Waals surface area contributed by atoms with Crippen LogP contribution in [-0.2, 0) is 6.54 Å². The van der Waals surface area contributed by atoms with Gasteiger partial charge in [0.25, 0.3) is 0 Å². The van der Waals surface area contributed by atoms with Crippen LogP contribution in [0.25, 0.3) is 0 Å². The molecule has 3 rings (SSSR count). The minimum absolute atomic E-state index is 0.204. The average Bonchev–Trinajstić information content (AvgIpc) is 3.21. The molecule has 0 aromatic heterocycles. The predicted molar refractivity (Wildman–Crippen MR) is 113 cm³/mol. The van der Waals surface area contributed by atoms with Crippen LogP contribution < -0.4 is 20.3 Å². The maximum atomic E-state index is 14.1. The van der Waals surface area contributed by atoms with E-state index in [0.29, 0.717) is 23.6 Å². The van der Waals surface area contributed by atoms with E-state index in [1.807, 2.05) is 31.2 Å². The largest absolute Gasteiger partial charge is 0.495 e. The zero-order valence-electron chi connectivity index (χ0n) is 16.8. The van der Waals surface area contributed by atoms with Crippen LogP contribution in [0.4, 0.5) is 10.1 Å². The molecule has 29 heavy (non-hydrogen) atoms. The Labute approximate surface area is 171 Å². The van der Waals surface area contributed by atoms with Crippen molar-refractivity contribution in [1.29, 1.82) is 5.26 Å². The molecule has 0 amide bonds. The number of hydrogen-bond acceptors (Lipinski definition) is 4. The molecule has 0 radical (unpaired) electrons. The van der Waals surface area contributed by atoms with Crippen molar-refractivity contribution in [3.05, 3.63) is 59.4 Å². The van der Waals surface area contributed by atoms with Crippen LogP contribution in [0.3, 0.4) is 0 Å². The van der Waals surface area contributed by atoms with Crippen molar-refractivity contribution in [3.63, 3.8) is 0 Å². The average molecular weight is 395 g/mol. The number of halogens is 1. The fraction of sp³-hybridized carbons (Fsp3) is 0.364. The van der Waals surface area contributed by atoms with Crippen molar-refractivity contribution in [2.45, 2.75) is 25.9 Å². The quantitative estimate of drug-likeness (QED) is 0.581. The molecule has 152 valence electrons. The van der Waals surface area contributed by atoms with Gasteiger partial charge in [0.15, 0.2) is 5.96 Å². The normalized spacial score (nSPS) is 16.4. The lowest BCUT2D eigenvalue weighted by atomic mass is 10.1. The van der Waals surface area contributed by atoms with E-state index < -0.39 is 5.82 Å². The van der Waals surface area contributed by atoms with Crippen LogP contribution in [0.1, 0.15) is 24.5 Å². The smallest absolute Gasteiger partial charge is 0.191 e. The second kappa shape index (κ2) is 9.78. The molecule has 2 aromatic carbocycles. The van der Waals surface area contributed by atoms with Crippen LogP contribution in [0.5, 0.6) is 5.75 Å². The summed E-state index contributed by atoms with van der Waals surface area (Å²) >= 11 is 0. The molecule has 1 saturated heterocycles. The van der Waals surface area contributed by atoms with Crippen LogP contribution in [0.15, 0.2) is 47.5 Å². The number of anilines is 1. The Hall–Kier alpha value is -3.27. The van der Waals surface area contributed by atoms with E-state index in [4.69, 9.17) is 10.00 Å². The number of nitrogens with one attached hydrogen (secondary N) is 2. The van der Waals surface area contributed by atoms with E-state index in [1.54, 1.807) is 19.2 Å². The van der Waals surface area contributed by atoms with Gasteiger partial charge < -0.3 is 20.3 Å². The predicted octanol–water partition coefficient (Wildman–Crippen LogP) is 3.04. The lowest BCUT2D eigenvalue weighted by Gasteiger charge is -2.22. The van der Waals surface area contributed by atoms with E-state index in [2.05, 4.69) is 26.6 Å². The van der Waals surface area contributed by atoms with Gasteiger partial charge in [0.2, 0.25) is 0 Å². The summed E-state index contributed by atoms with van der Waals surface area (Å²) in [6.07, 6.45) is 0.966. The van der Waals surface area contributed by atoms with Gasteiger partial charge in [0, 0.05) is 31.2 Å². The molecule has 2 aromatic rings. The third-order valence-corrected chi connectivity index (χ3v) is 4.89.